The number of benzene rings is 1. The second-order valence-electron chi connectivity index (χ2n) is 6.49. The zero-order valence-corrected chi connectivity index (χ0v) is 15.2. The van der Waals surface area contributed by atoms with E-state index in [4.69, 9.17) is 4.74 Å². The first kappa shape index (κ1) is 17.4. The first-order chi connectivity index (χ1) is 12.1. The summed E-state index contributed by atoms with van der Waals surface area (Å²) in [6.45, 7) is 5.67. The fraction of sp³-hybridized carbons (Fsp3) is 0.450. The molecule has 1 aliphatic heterocycles. The van der Waals surface area contributed by atoms with Crippen LogP contribution in [0.15, 0.2) is 30.3 Å². The zero-order valence-electron chi connectivity index (χ0n) is 15.2. The van der Waals surface area contributed by atoms with Crippen LogP contribution in [0.1, 0.15) is 41.6 Å². The highest BCUT2D eigenvalue weighted by molar-refractivity contribution is 6.00. The van der Waals surface area contributed by atoms with Crippen molar-refractivity contribution in [2.24, 2.45) is 5.92 Å². The summed E-state index contributed by atoms with van der Waals surface area (Å²) < 4.78 is 5.36. The van der Waals surface area contributed by atoms with Gasteiger partial charge in [-0.25, -0.2) is 9.97 Å². The number of aryl methyl sites for hydroxylation is 2. The molecule has 0 amide bonds. The smallest absolute Gasteiger partial charge is 0.171 e. The van der Waals surface area contributed by atoms with Crippen LogP contribution in [0.3, 0.4) is 0 Å². The summed E-state index contributed by atoms with van der Waals surface area (Å²) in [5.41, 5.74) is 1.64. The number of carbonyl (C=O) groups excluding carboxylic acids is 1. The van der Waals surface area contributed by atoms with Crippen LogP contribution in [0.25, 0.3) is 0 Å². The molecule has 2 aromatic rings. The highest BCUT2D eigenvalue weighted by Crippen LogP contribution is 2.28. The minimum atomic E-state index is -0.0367. The number of para-hydroxylation sites is 1. The van der Waals surface area contributed by atoms with Crippen molar-refractivity contribution in [2.75, 3.05) is 25.1 Å². The van der Waals surface area contributed by atoms with E-state index in [1.165, 1.54) is 0 Å². The van der Waals surface area contributed by atoms with Crippen molar-refractivity contribution in [1.29, 1.82) is 0 Å². The summed E-state index contributed by atoms with van der Waals surface area (Å²) in [4.78, 5) is 24.3. The van der Waals surface area contributed by atoms with Crippen LogP contribution >= 0.6 is 0 Å². The molecule has 0 radical (unpaired) electrons. The molecule has 0 spiro atoms. The molecule has 132 valence electrons. The number of carbonyl (C=O) groups is 1. The van der Waals surface area contributed by atoms with Crippen LogP contribution in [0, 0.1) is 12.8 Å². The number of anilines is 1. The van der Waals surface area contributed by atoms with Crippen molar-refractivity contribution in [3.8, 4) is 5.75 Å². The third kappa shape index (κ3) is 3.81. The zero-order chi connectivity index (χ0) is 17.8. The Morgan fingerprint density at radius 2 is 2.12 bits per heavy atom. The van der Waals surface area contributed by atoms with Crippen LogP contribution in [0.2, 0.25) is 0 Å². The molecular weight excluding hydrogens is 314 g/mol. The fourth-order valence-corrected chi connectivity index (χ4v) is 3.40. The van der Waals surface area contributed by atoms with Crippen molar-refractivity contribution in [3.05, 3.63) is 47.4 Å². The minimum Gasteiger partial charge on any atom is -0.496 e. The molecule has 1 aromatic heterocycles. The lowest BCUT2D eigenvalue weighted by Crippen LogP contribution is -2.39. The van der Waals surface area contributed by atoms with Gasteiger partial charge in [-0.05, 0) is 31.9 Å². The van der Waals surface area contributed by atoms with Crippen molar-refractivity contribution in [2.45, 2.75) is 33.1 Å². The fourth-order valence-electron chi connectivity index (χ4n) is 3.40. The van der Waals surface area contributed by atoms with Gasteiger partial charge >= 0.3 is 0 Å². The van der Waals surface area contributed by atoms with E-state index in [2.05, 4.69) is 21.8 Å². The molecule has 1 atom stereocenters. The van der Waals surface area contributed by atoms with Gasteiger partial charge in [0.15, 0.2) is 5.78 Å². The lowest BCUT2D eigenvalue weighted by Gasteiger charge is -2.33. The van der Waals surface area contributed by atoms with Gasteiger partial charge in [0.25, 0.3) is 0 Å². The Hall–Kier alpha value is -2.43. The van der Waals surface area contributed by atoms with Crippen LogP contribution < -0.4 is 9.64 Å². The lowest BCUT2D eigenvalue weighted by atomic mass is 9.89. The first-order valence-electron chi connectivity index (χ1n) is 8.89. The quantitative estimate of drug-likeness (QED) is 0.781. The molecule has 3 rings (SSSR count). The molecule has 0 aliphatic carbocycles. The highest BCUT2D eigenvalue weighted by Gasteiger charge is 2.29. The third-order valence-electron chi connectivity index (χ3n) is 4.69. The van der Waals surface area contributed by atoms with Gasteiger partial charge in [0, 0.05) is 37.2 Å². The standard InChI is InChI=1S/C20H25N3O2/c1-4-18-21-14(2)12-19(22-18)23-11-7-8-15(13-23)20(24)16-9-5-6-10-17(16)25-3/h5-6,9-10,12,15H,4,7-8,11,13H2,1-3H3. The summed E-state index contributed by atoms with van der Waals surface area (Å²) in [6, 6.07) is 9.48. The summed E-state index contributed by atoms with van der Waals surface area (Å²) in [6.07, 6.45) is 2.69. The van der Waals surface area contributed by atoms with E-state index < -0.39 is 0 Å². The first-order valence-corrected chi connectivity index (χ1v) is 8.89. The Labute approximate surface area is 149 Å². The number of aromatic nitrogens is 2. The summed E-state index contributed by atoms with van der Waals surface area (Å²) >= 11 is 0. The average Bonchev–Trinajstić information content (AvgIpc) is 2.67. The molecule has 5 nitrogen and oxygen atoms in total. The predicted molar refractivity (Wildman–Crippen MR) is 98.4 cm³/mol. The number of hydrogen-bond acceptors (Lipinski definition) is 5. The Bertz CT molecular complexity index is 760. The number of nitrogens with zero attached hydrogens (tertiary/aromatic N) is 3. The molecule has 1 fully saturated rings. The van der Waals surface area contributed by atoms with Crippen molar-refractivity contribution >= 4 is 11.6 Å². The predicted octanol–water partition coefficient (Wildman–Crippen LogP) is 3.46. The monoisotopic (exact) mass is 339 g/mol. The molecule has 0 bridgehead atoms. The second kappa shape index (κ2) is 7.64. The molecule has 0 saturated carbocycles. The normalized spacial score (nSPS) is 17.4. The largest absolute Gasteiger partial charge is 0.496 e. The van der Waals surface area contributed by atoms with Crippen LogP contribution in [-0.4, -0.2) is 36.0 Å². The van der Waals surface area contributed by atoms with E-state index in [0.29, 0.717) is 17.9 Å². The molecule has 25 heavy (non-hydrogen) atoms. The molecule has 1 saturated heterocycles. The molecule has 2 heterocycles. The minimum absolute atomic E-state index is 0.0367. The van der Waals surface area contributed by atoms with Crippen LogP contribution in [0.5, 0.6) is 5.75 Å². The lowest BCUT2D eigenvalue weighted by molar-refractivity contribution is 0.0904. The topological polar surface area (TPSA) is 55.3 Å². The van der Waals surface area contributed by atoms with Gasteiger partial charge < -0.3 is 9.64 Å². The maximum absolute atomic E-state index is 13.0. The summed E-state index contributed by atoms with van der Waals surface area (Å²) in [5, 5.41) is 0. The number of hydrogen-bond donors (Lipinski definition) is 0. The number of rotatable bonds is 5. The van der Waals surface area contributed by atoms with Gasteiger partial charge in [-0.3, -0.25) is 4.79 Å². The van der Waals surface area contributed by atoms with E-state index in [1.54, 1.807) is 7.11 Å². The van der Waals surface area contributed by atoms with Crippen molar-refractivity contribution < 1.29 is 9.53 Å². The van der Waals surface area contributed by atoms with Crippen molar-refractivity contribution in [1.82, 2.24) is 9.97 Å². The van der Waals surface area contributed by atoms with Gasteiger partial charge in [0.05, 0.1) is 12.7 Å². The van der Waals surface area contributed by atoms with E-state index in [9.17, 15) is 4.79 Å². The number of ketones is 1. The number of Topliss-reactive ketones (excluding diaryl/α,β-unsaturated/α-hetero) is 1. The van der Waals surface area contributed by atoms with Gasteiger partial charge in [-0.2, -0.15) is 0 Å². The van der Waals surface area contributed by atoms with E-state index >= 15 is 0 Å². The SMILES string of the molecule is CCc1nc(C)cc(N2CCCC(C(=O)c3ccccc3OC)C2)n1. The van der Waals surface area contributed by atoms with E-state index in [0.717, 1.165) is 43.1 Å². The average molecular weight is 339 g/mol. The van der Waals surface area contributed by atoms with Gasteiger partial charge in [0.2, 0.25) is 0 Å². The second-order valence-corrected chi connectivity index (χ2v) is 6.49. The highest BCUT2D eigenvalue weighted by atomic mass is 16.5. The third-order valence-corrected chi connectivity index (χ3v) is 4.69. The molecule has 1 unspecified atom stereocenters. The Morgan fingerprint density at radius 3 is 2.88 bits per heavy atom. The Balaban J connectivity index is 1.81. The summed E-state index contributed by atoms with van der Waals surface area (Å²) in [5.74, 6) is 2.56. The van der Waals surface area contributed by atoms with E-state index in [-0.39, 0.29) is 11.7 Å². The van der Waals surface area contributed by atoms with Gasteiger partial charge in [-0.1, -0.05) is 19.1 Å². The maximum atomic E-state index is 13.0. The van der Waals surface area contributed by atoms with E-state index in [1.807, 2.05) is 37.3 Å². The molecular formula is C20H25N3O2. The summed E-state index contributed by atoms with van der Waals surface area (Å²) in [7, 11) is 1.61. The molecule has 5 heteroatoms. The molecule has 1 aliphatic rings. The Morgan fingerprint density at radius 1 is 1.32 bits per heavy atom. The maximum Gasteiger partial charge on any atom is 0.171 e. The van der Waals surface area contributed by atoms with Gasteiger partial charge in [0.1, 0.15) is 17.4 Å². The van der Waals surface area contributed by atoms with Crippen LogP contribution in [0.4, 0.5) is 5.82 Å². The van der Waals surface area contributed by atoms with Gasteiger partial charge in [-0.15, -0.1) is 0 Å². The number of ether oxygens (including phenoxy) is 1. The molecule has 0 N–H and O–H groups in total. The number of methoxy groups -OCH3 is 1. The number of piperidine rings is 1. The Kier molecular flexibility index (Phi) is 5.31. The molecule has 1 aromatic carbocycles. The van der Waals surface area contributed by atoms with Crippen LogP contribution in [-0.2, 0) is 6.42 Å². The van der Waals surface area contributed by atoms with Crippen molar-refractivity contribution in [3.63, 3.8) is 0 Å².